The van der Waals surface area contributed by atoms with Gasteiger partial charge in [-0.1, -0.05) is 18.2 Å². The van der Waals surface area contributed by atoms with Crippen LogP contribution in [-0.4, -0.2) is 56.8 Å². The van der Waals surface area contributed by atoms with E-state index in [1.165, 1.54) is 0 Å². The number of rotatable bonds is 6. The molecule has 0 aromatic heterocycles. The van der Waals surface area contributed by atoms with Gasteiger partial charge in [0.05, 0.1) is 6.54 Å². The molecule has 0 aliphatic carbocycles. The summed E-state index contributed by atoms with van der Waals surface area (Å²) in [6, 6.07) is 9.62. The van der Waals surface area contributed by atoms with Gasteiger partial charge in [0.2, 0.25) is 0 Å². The van der Waals surface area contributed by atoms with Gasteiger partial charge < -0.3 is 19.7 Å². The molecule has 1 aliphatic rings. The van der Waals surface area contributed by atoms with Crippen molar-refractivity contribution in [1.29, 1.82) is 0 Å². The summed E-state index contributed by atoms with van der Waals surface area (Å²) in [5.74, 6) is 0.866. The lowest BCUT2D eigenvalue weighted by atomic mass is 9.90. The van der Waals surface area contributed by atoms with Crippen LogP contribution in [0.5, 0.6) is 5.75 Å². The van der Waals surface area contributed by atoms with Crippen molar-refractivity contribution in [3.63, 3.8) is 0 Å². The first kappa shape index (κ1) is 15.8. The number of hydrogen-bond acceptors (Lipinski definition) is 4. The first-order valence-corrected chi connectivity index (χ1v) is 7.37. The number of benzene rings is 1. The van der Waals surface area contributed by atoms with Crippen LogP contribution in [0, 0.1) is 0 Å². The Hall–Kier alpha value is -1.59. The summed E-state index contributed by atoms with van der Waals surface area (Å²) >= 11 is 0. The number of nitrogens with zero attached hydrogens (tertiary/aromatic N) is 1. The van der Waals surface area contributed by atoms with Crippen LogP contribution in [0.2, 0.25) is 0 Å². The summed E-state index contributed by atoms with van der Waals surface area (Å²) in [7, 11) is 3.43. The van der Waals surface area contributed by atoms with Crippen molar-refractivity contribution in [2.24, 2.45) is 0 Å². The van der Waals surface area contributed by atoms with E-state index >= 15 is 0 Å². The molecule has 0 unspecified atom stereocenters. The number of methoxy groups -OCH3 is 1. The van der Waals surface area contributed by atoms with E-state index in [9.17, 15) is 4.79 Å². The van der Waals surface area contributed by atoms with Gasteiger partial charge in [0.1, 0.15) is 18.0 Å². The molecule has 0 bridgehead atoms. The maximum atomic E-state index is 12.6. The highest BCUT2D eigenvalue weighted by Crippen LogP contribution is 2.24. The number of carbonyl (C=O) groups is 1. The van der Waals surface area contributed by atoms with E-state index in [1.807, 2.05) is 30.3 Å². The Morgan fingerprint density at radius 1 is 1.29 bits per heavy atom. The summed E-state index contributed by atoms with van der Waals surface area (Å²) in [5.41, 5.74) is -0.674. The fourth-order valence-corrected chi connectivity index (χ4v) is 2.60. The third kappa shape index (κ3) is 3.95. The van der Waals surface area contributed by atoms with Gasteiger partial charge in [0, 0.05) is 14.2 Å². The van der Waals surface area contributed by atoms with Crippen LogP contribution in [0.3, 0.4) is 0 Å². The maximum Gasteiger partial charge on any atom is 0.254 e. The fourth-order valence-electron chi connectivity index (χ4n) is 2.60. The number of para-hydroxylation sites is 1. The van der Waals surface area contributed by atoms with Crippen LogP contribution >= 0.6 is 0 Å². The van der Waals surface area contributed by atoms with Gasteiger partial charge in [0.15, 0.2) is 0 Å². The number of amides is 1. The quantitative estimate of drug-likeness (QED) is 0.858. The number of carbonyl (C=O) groups excluding carboxylic acids is 1. The van der Waals surface area contributed by atoms with Crippen molar-refractivity contribution in [1.82, 2.24) is 10.2 Å². The number of ether oxygens (including phenoxy) is 2. The second kappa shape index (κ2) is 7.43. The number of piperidine rings is 1. The molecule has 116 valence electrons. The normalized spacial score (nSPS) is 17.2. The van der Waals surface area contributed by atoms with E-state index < -0.39 is 5.60 Å². The molecule has 1 aromatic rings. The number of nitrogens with one attached hydrogen (secondary N) is 1. The zero-order chi connectivity index (χ0) is 15.1. The van der Waals surface area contributed by atoms with E-state index in [4.69, 9.17) is 9.47 Å². The van der Waals surface area contributed by atoms with E-state index in [1.54, 1.807) is 19.1 Å². The molecule has 2 rings (SSSR count). The molecule has 1 saturated heterocycles. The molecule has 0 radical (unpaired) electrons. The van der Waals surface area contributed by atoms with Crippen molar-refractivity contribution in [3.8, 4) is 5.75 Å². The predicted molar refractivity (Wildman–Crippen MR) is 81.4 cm³/mol. The Morgan fingerprint density at radius 2 is 1.95 bits per heavy atom. The molecule has 5 heteroatoms. The molecule has 0 saturated carbocycles. The highest BCUT2D eigenvalue weighted by Gasteiger charge is 2.41. The summed E-state index contributed by atoms with van der Waals surface area (Å²) in [5, 5.41) is 3.26. The van der Waals surface area contributed by atoms with Crippen molar-refractivity contribution >= 4 is 5.91 Å². The van der Waals surface area contributed by atoms with Gasteiger partial charge in [-0.25, -0.2) is 0 Å². The topological polar surface area (TPSA) is 50.8 Å². The first-order valence-electron chi connectivity index (χ1n) is 7.37. The van der Waals surface area contributed by atoms with E-state index in [0.717, 1.165) is 18.8 Å². The maximum absolute atomic E-state index is 12.6. The third-order valence-corrected chi connectivity index (χ3v) is 3.98. The Morgan fingerprint density at radius 3 is 2.57 bits per heavy atom. The van der Waals surface area contributed by atoms with Crippen LogP contribution in [-0.2, 0) is 9.53 Å². The van der Waals surface area contributed by atoms with Gasteiger partial charge in [-0.3, -0.25) is 4.79 Å². The zero-order valence-electron chi connectivity index (χ0n) is 12.8. The van der Waals surface area contributed by atoms with E-state index in [-0.39, 0.29) is 5.91 Å². The van der Waals surface area contributed by atoms with E-state index in [0.29, 0.717) is 26.0 Å². The lowest BCUT2D eigenvalue weighted by Crippen LogP contribution is -2.55. The summed E-state index contributed by atoms with van der Waals surface area (Å²) in [6.07, 6.45) is 1.43. The monoisotopic (exact) mass is 292 g/mol. The lowest BCUT2D eigenvalue weighted by molar-refractivity contribution is -0.157. The Bertz CT molecular complexity index is 444. The van der Waals surface area contributed by atoms with Crippen LogP contribution in [0.4, 0.5) is 0 Å². The largest absolute Gasteiger partial charge is 0.492 e. The zero-order valence-corrected chi connectivity index (χ0v) is 12.8. The first-order chi connectivity index (χ1) is 10.2. The minimum absolute atomic E-state index is 0.0446. The molecule has 1 N–H and O–H groups in total. The minimum atomic E-state index is -0.674. The number of hydrogen-bond donors (Lipinski definition) is 1. The Balaban J connectivity index is 1.84. The second-order valence-corrected chi connectivity index (χ2v) is 5.34. The highest BCUT2D eigenvalue weighted by molar-refractivity contribution is 5.85. The summed E-state index contributed by atoms with van der Waals surface area (Å²) in [6.45, 7) is 2.65. The molecule has 0 atom stereocenters. The van der Waals surface area contributed by atoms with Gasteiger partial charge >= 0.3 is 0 Å². The molecule has 21 heavy (non-hydrogen) atoms. The van der Waals surface area contributed by atoms with Crippen LogP contribution in [0.15, 0.2) is 30.3 Å². The molecule has 1 aromatic carbocycles. The van der Waals surface area contributed by atoms with Gasteiger partial charge in [-0.2, -0.15) is 0 Å². The fraction of sp³-hybridized carbons (Fsp3) is 0.562. The average Bonchev–Trinajstić information content (AvgIpc) is 2.55. The van der Waals surface area contributed by atoms with Crippen LogP contribution in [0.25, 0.3) is 0 Å². The molecule has 1 aliphatic heterocycles. The van der Waals surface area contributed by atoms with Gasteiger partial charge in [-0.15, -0.1) is 0 Å². The molecular weight excluding hydrogens is 268 g/mol. The van der Waals surface area contributed by atoms with Crippen molar-refractivity contribution in [2.45, 2.75) is 18.4 Å². The summed E-state index contributed by atoms with van der Waals surface area (Å²) < 4.78 is 11.2. The molecule has 1 fully saturated rings. The van der Waals surface area contributed by atoms with Gasteiger partial charge in [-0.05, 0) is 38.1 Å². The standard InChI is InChI=1S/C16H24N2O3/c1-18(12-13-21-14-6-4-3-5-7-14)15(19)16(20-2)8-10-17-11-9-16/h3-7,17H,8-13H2,1-2H3. The van der Waals surface area contributed by atoms with Gasteiger partial charge in [0.25, 0.3) is 5.91 Å². The Labute approximate surface area is 126 Å². The van der Waals surface area contributed by atoms with Crippen molar-refractivity contribution < 1.29 is 14.3 Å². The van der Waals surface area contributed by atoms with Crippen LogP contribution in [0.1, 0.15) is 12.8 Å². The summed E-state index contributed by atoms with van der Waals surface area (Å²) in [4.78, 5) is 14.3. The number of likely N-dealkylation sites (N-methyl/N-ethyl adjacent to an activating group) is 1. The lowest BCUT2D eigenvalue weighted by Gasteiger charge is -2.37. The van der Waals surface area contributed by atoms with Crippen molar-refractivity contribution in [2.75, 3.05) is 40.4 Å². The molecule has 1 heterocycles. The van der Waals surface area contributed by atoms with E-state index in [2.05, 4.69) is 5.32 Å². The second-order valence-electron chi connectivity index (χ2n) is 5.34. The van der Waals surface area contributed by atoms with Crippen molar-refractivity contribution in [3.05, 3.63) is 30.3 Å². The Kier molecular flexibility index (Phi) is 5.59. The SMILES string of the molecule is COC1(C(=O)N(C)CCOc2ccccc2)CCNCC1. The smallest absolute Gasteiger partial charge is 0.254 e. The third-order valence-electron chi connectivity index (χ3n) is 3.98. The minimum Gasteiger partial charge on any atom is -0.492 e. The predicted octanol–water partition coefficient (Wildman–Crippen LogP) is 1.29. The molecule has 1 amide bonds. The molecule has 0 spiro atoms. The van der Waals surface area contributed by atoms with Crippen LogP contribution < -0.4 is 10.1 Å². The molecule has 5 nitrogen and oxygen atoms in total. The highest BCUT2D eigenvalue weighted by atomic mass is 16.5. The molecular formula is C16H24N2O3. The average molecular weight is 292 g/mol.